The number of ether oxygens (including phenoxy) is 1. The van der Waals surface area contributed by atoms with Crippen LogP contribution in [0.2, 0.25) is 5.02 Å². The molecule has 1 N–H and O–H groups in total. The largest absolute Gasteiger partial charge is 0.376 e. The number of nitrogens with zero attached hydrogens (tertiary/aromatic N) is 3. The molecule has 1 amide bonds. The molecular weight excluding hydrogens is 480 g/mol. The molecule has 3 aromatic heterocycles. The molecule has 1 aliphatic heterocycles. The molecule has 0 unspecified atom stereocenters. The summed E-state index contributed by atoms with van der Waals surface area (Å²) in [5, 5.41) is 4.86. The van der Waals surface area contributed by atoms with Gasteiger partial charge in [-0.3, -0.25) is 14.2 Å². The van der Waals surface area contributed by atoms with Gasteiger partial charge in [-0.15, -0.1) is 11.3 Å². The van der Waals surface area contributed by atoms with Crippen LogP contribution < -0.4 is 10.9 Å². The molecule has 0 radical (unpaired) electrons. The van der Waals surface area contributed by atoms with Crippen LogP contribution in [0.3, 0.4) is 0 Å². The topological polar surface area (TPSA) is 86.1 Å². The predicted molar refractivity (Wildman–Crippen MR) is 132 cm³/mol. The van der Waals surface area contributed by atoms with Gasteiger partial charge in [-0.2, -0.15) is 0 Å². The highest BCUT2D eigenvalue weighted by molar-refractivity contribution is 7.99. The second kappa shape index (κ2) is 9.80. The number of amides is 1. The minimum atomic E-state index is -0.158. The fraction of sp³-hybridized carbons (Fsp3) is 0.304. The van der Waals surface area contributed by atoms with Crippen molar-refractivity contribution in [1.29, 1.82) is 0 Å². The average molecular weight is 501 g/mol. The number of hydrogen-bond acceptors (Lipinski definition) is 7. The number of aromatic nitrogens is 3. The number of pyridine rings is 1. The third-order valence-electron chi connectivity index (χ3n) is 5.49. The van der Waals surface area contributed by atoms with E-state index in [1.807, 2.05) is 30.3 Å². The Morgan fingerprint density at radius 1 is 1.30 bits per heavy atom. The van der Waals surface area contributed by atoms with Crippen molar-refractivity contribution in [2.75, 3.05) is 12.4 Å². The summed E-state index contributed by atoms with van der Waals surface area (Å²) >= 11 is 8.78. The maximum Gasteiger partial charge on any atom is 0.272 e. The Bertz CT molecular complexity index is 1380. The van der Waals surface area contributed by atoms with Gasteiger partial charge in [0.2, 0.25) is 5.91 Å². The van der Waals surface area contributed by atoms with Gasteiger partial charge in [0.05, 0.1) is 23.9 Å². The van der Waals surface area contributed by atoms with E-state index in [-0.39, 0.29) is 23.3 Å². The van der Waals surface area contributed by atoms with E-state index in [0.29, 0.717) is 40.1 Å². The third-order valence-corrected chi connectivity index (χ3v) is 7.93. The summed E-state index contributed by atoms with van der Waals surface area (Å²) in [6.45, 7) is 1.47. The molecule has 1 saturated heterocycles. The standard InChI is InChI=1S/C23H21ClN4O3S2/c24-17-8-2-1-5-14(17)11-26-18(29)13-32-23-27-19-16-7-3-9-25-21(16)33-20(19)22(30)28(23)12-15-6-4-10-31-15/h1-3,5,7-9,15H,4,6,10-13H2,(H,26,29)/t15-/m1/s1. The molecule has 0 aliphatic carbocycles. The molecule has 10 heteroatoms. The van der Waals surface area contributed by atoms with Gasteiger partial charge < -0.3 is 10.1 Å². The average Bonchev–Trinajstić information content (AvgIpc) is 3.47. The van der Waals surface area contributed by atoms with E-state index >= 15 is 0 Å². The van der Waals surface area contributed by atoms with Crippen LogP contribution in [0.5, 0.6) is 0 Å². The Morgan fingerprint density at radius 3 is 3.00 bits per heavy atom. The van der Waals surface area contributed by atoms with Crippen molar-refractivity contribution in [3.63, 3.8) is 0 Å². The van der Waals surface area contributed by atoms with Crippen LogP contribution in [0.1, 0.15) is 18.4 Å². The second-order valence-electron chi connectivity index (χ2n) is 7.74. The summed E-state index contributed by atoms with van der Waals surface area (Å²) in [7, 11) is 0. The first-order chi connectivity index (χ1) is 16.1. The first-order valence-corrected chi connectivity index (χ1v) is 12.8. The van der Waals surface area contributed by atoms with E-state index in [1.54, 1.807) is 16.8 Å². The third kappa shape index (κ3) is 4.77. The molecule has 7 nitrogen and oxygen atoms in total. The van der Waals surface area contributed by atoms with Crippen LogP contribution in [0.25, 0.3) is 20.4 Å². The molecule has 0 bridgehead atoms. The lowest BCUT2D eigenvalue weighted by molar-refractivity contribution is -0.118. The first-order valence-electron chi connectivity index (χ1n) is 10.6. The highest BCUT2D eigenvalue weighted by Crippen LogP contribution is 2.31. The molecule has 5 rings (SSSR count). The molecule has 4 heterocycles. The maximum absolute atomic E-state index is 13.4. The maximum atomic E-state index is 13.4. The minimum Gasteiger partial charge on any atom is -0.376 e. The number of rotatable bonds is 7. The number of carbonyl (C=O) groups excluding carboxylic acids is 1. The molecule has 0 saturated carbocycles. The summed E-state index contributed by atoms with van der Waals surface area (Å²) in [6.07, 6.45) is 3.57. The van der Waals surface area contributed by atoms with Crippen LogP contribution >= 0.6 is 34.7 Å². The van der Waals surface area contributed by atoms with Gasteiger partial charge in [0, 0.05) is 29.8 Å². The Morgan fingerprint density at radius 2 is 2.18 bits per heavy atom. The van der Waals surface area contributed by atoms with Gasteiger partial charge in [0.25, 0.3) is 5.56 Å². The van der Waals surface area contributed by atoms with Crippen LogP contribution in [-0.4, -0.2) is 38.9 Å². The Kier molecular flexibility index (Phi) is 6.64. The fourth-order valence-electron chi connectivity index (χ4n) is 3.82. The Balaban J connectivity index is 1.41. The molecule has 4 aromatic rings. The number of hydrogen-bond donors (Lipinski definition) is 1. The molecule has 1 aliphatic rings. The SMILES string of the molecule is O=C(CSc1nc2c(sc3ncccc32)c(=O)n1C[C@H]1CCCO1)NCc1ccccc1Cl. The van der Waals surface area contributed by atoms with E-state index in [2.05, 4.69) is 10.3 Å². The minimum absolute atomic E-state index is 0.0251. The molecular formula is C23H21ClN4O3S2. The smallest absolute Gasteiger partial charge is 0.272 e. The van der Waals surface area contributed by atoms with Gasteiger partial charge >= 0.3 is 0 Å². The van der Waals surface area contributed by atoms with Gasteiger partial charge in [-0.25, -0.2) is 9.97 Å². The summed E-state index contributed by atoms with van der Waals surface area (Å²) in [4.78, 5) is 35.9. The van der Waals surface area contributed by atoms with Gasteiger partial charge in [0.15, 0.2) is 5.16 Å². The van der Waals surface area contributed by atoms with Crippen LogP contribution in [-0.2, 0) is 22.6 Å². The quantitative estimate of drug-likeness (QED) is 0.301. The normalized spacial score (nSPS) is 16.0. The van der Waals surface area contributed by atoms with Crippen molar-refractivity contribution >= 4 is 61.0 Å². The highest BCUT2D eigenvalue weighted by atomic mass is 35.5. The van der Waals surface area contributed by atoms with E-state index in [4.69, 9.17) is 21.3 Å². The van der Waals surface area contributed by atoms with Crippen LogP contribution in [0.15, 0.2) is 52.5 Å². The molecule has 1 fully saturated rings. The van der Waals surface area contributed by atoms with Gasteiger partial charge in [-0.1, -0.05) is 41.6 Å². The van der Waals surface area contributed by atoms with Crippen molar-refractivity contribution in [2.24, 2.45) is 0 Å². The molecule has 170 valence electrons. The molecule has 0 spiro atoms. The summed E-state index contributed by atoms with van der Waals surface area (Å²) < 4.78 is 8.00. The number of thioether (sulfide) groups is 1. The van der Waals surface area contributed by atoms with Crippen molar-refractivity contribution in [2.45, 2.75) is 37.2 Å². The number of carbonyl (C=O) groups is 1. The van der Waals surface area contributed by atoms with Gasteiger partial charge in [-0.05, 0) is 36.6 Å². The van der Waals surface area contributed by atoms with E-state index in [0.717, 1.165) is 28.6 Å². The van der Waals surface area contributed by atoms with Crippen molar-refractivity contribution < 1.29 is 9.53 Å². The van der Waals surface area contributed by atoms with Crippen molar-refractivity contribution in [3.05, 3.63) is 63.5 Å². The molecule has 1 atom stereocenters. The van der Waals surface area contributed by atoms with Crippen molar-refractivity contribution in [1.82, 2.24) is 19.9 Å². The summed E-state index contributed by atoms with van der Waals surface area (Å²) in [6, 6.07) is 11.2. The number of benzene rings is 1. The fourth-order valence-corrected chi connectivity index (χ4v) is 5.89. The van der Waals surface area contributed by atoms with E-state index in [1.165, 1.54) is 23.1 Å². The molecule has 1 aromatic carbocycles. The Labute approximate surface area is 203 Å². The summed E-state index contributed by atoms with van der Waals surface area (Å²) in [5.74, 6) is -0.0244. The Hall–Kier alpha value is -2.46. The monoisotopic (exact) mass is 500 g/mol. The van der Waals surface area contributed by atoms with Crippen LogP contribution in [0.4, 0.5) is 0 Å². The highest BCUT2D eigenvalue weighted by Gasteiger charge is 2.22. The zero-order valence-corrected chi connectivity index (χ0v) is 20.0. The number of thiophene rings is 1. The zero-order chi connectivity index (χ0) is 22.8. The lowest BCUT2D eigenvalue weighted by Gasteiger charge is -2.15. The first kappa shape index (κ1) is 22.3. The van der Waals surface area contributed by atoms with Gasteiger partial charge in [0.1, 0.15) is 9.53 Å². The summed E-state index contributed by atoms with van der Waals surface area (Å²) in [5.41, 5.74) is 1.37. The number of nitrogens with one attached hydrogen (secondary N) is 1. The van der Waals surface area contributed by atoms with E-state index in [9.17, 15) is 9.59 Å². The number of halogens is 1. The zero-order valence-electron chi connectivity index (χ0n) is 17.6. The van der Waals surface area contributed by atoms with E-state index < -0.39 is 0 Å². The molecule has 33 heavy (non-hydrogen) atoms. The second-order valence-corrected chi connectivity index (χ2v) is 10.1. The van der Waals surface area contributed by atoms with Crippen molar-refractivity contribution in [3.8, 4) is 0 Å². The lowest BCUT2D eigenvalue weighted by Crippen LogP contribution is -2.29. The number of fused-ring (bicyclic) bond motifs is 3. The van der Waals surface area contributed by atoms with Crippen LogP contribution in [0, 0.1) is 0 Å². The lowest BCUT2D eigenvalue weighted by atomic mass is 10.2. The predicted octanol–water partition coefficient (Wildman–Crippen LogP) is 4.25.